The maximum atomic E-state index is 11.7. The number of methoxy groups -OCH3 is 1. The lowest BCUT2D eigenvalue weighted by Crippen LogP contribution is -2.02. The van der Waals surface area contributed by atoms with Crippen molar-refractivity contribution in [3.8, 4) is 11.6 Å². The first-order chi connectivity index (χ1) is 10.2. The number of aldehydes is 1. The molecule has 0 atom stereocenters. The molecule has 3 heterocycles. The van der Waals surface area contributed by atoms with Gasteiger partial charge in [-0.2, -0.15) is 5.10 Å². The lowest BCUT2D eigenvalue weighted by atomic mass is 10.1. The van der Waals surface area contributed by atoms with Gasteiger partial charge in [0.1, 0.15) is 17.9 Å². The van der Waals surface area contributed by atoms with Crippen LogP contribution in [0.25, 0.3) is 16.7 Å². The number of aryl methyl sites for hydroxylation is 1. The number of pyridine rings is 1. The van der Waals surface area contributed by atoms with Gasteiger partial charge in [-0.3, -0.25) is 9.59 Å². The highest BCUT2D eigenvalue weighted by Crippen LogP contribution is 2.31. The summed E-state index contributed by atoms with van der Waals surface area (Å²) in [4.78, 5) is 33.7. The lowest BCUT2D eigenvalue weighted by Gasteiger charge is -2.06. The highest BCUT2D eigenvalue weighted by Gasteiger charge is 2.19. The molecule has 0 aliphatic carbocycles. The van der Waals surface area contributed by atoms with E-state index in [2.05, 4.69) is 20.1 Å². The summed E-state index contributed by atoms with van der Waals surface area (Å²) in [6.07, 6.45) is 4.72. The monoisotopic (exact) mass is 285 g/mol. The minimum Gasteiger partial charge on any atom is -0.494 e. The number of fused-ring (bicyclic) bond motifs is 1. The molecular weight excluding hydrogens is 274 g/mol. The van der Waals surface area contributed by atoms with E-state index in [1.54, 1.807) is 6.92 Å². The van der Waals surface area contributed by atoms with Gasteiger partial charge in [0.05, 0.1) is 29.8 Å². The summed E-state index contributed by atoms with van der Waals surface area (Å²) in [6, 6.07) is 0. The number of aromatic nitrogens is 5. The van der Waals surface area contributed by atoms with Crippen molar-refractivity contribution < 1.29 is 14.3 Å². The Morgan fingerprint density at radius 2 is 2.24 bits per heavy atom. The maximum Gasteiger partial charge on any atom is 0.227 e. The summed E-state index contributed by atoms with van der Waals surface area (Å²) in [7, 11) is 1.47. The Balaban J connectivity index is 2.32. The molecule has 1 N–H and O–H groups in total. The Morgan fingerprint density at radius 1 is 1.43 bits per heavy atom. The van der Waals surface area contributed by atoms with Crippen molar-refractivity contribution in [2.24, 2.45) is 0 Å². The van der Waals surface area contributed by atoms with E-state index in [1.165, 1.54) is 30.5 Å². The molecule has 0 unspecified atom stereocenters. The standard InChI is InChI=1S/C13H11N5O3/c1-7-16-6-18(17-7)13-12-11(10(21-2)4-15-13)8(3-14-12)9(20)5-19/h3-6,14H,1-2H3. The fourth-order valence-corrected chi connectivity index (χ4v) is 2.14. The number of ether oxygens (including phenoxy) is 1. The third-order valence-electron chi connectivity index (χ3n) is 3.07. The van der Waals surface area contributed by atoms with E-state index in [-0.39, 0.29) is 11.8 Å². The largest absolute Gasteiger partial charge is 0.494 e. The highest BCUT2D eigenvalue weighted by atomic mass is 16.5. The van der Waals surface area contributed by atoms with Gasteiger partial charge in [-0.1, -0.05) is 0 Å². The molecule has 8 heteroatoms. The molecule has 3 rings (SSSR count). The number of H-pyrrole nitrogens is 1. The van der Waals surface area contributed by atoms with Crippen LogP contribution >= 0.6 is 0 Å². The number of nitrogens with one attached hydrogen (secondary N) is 1. The molecule has 3 aromatic rings. The van der Waals surface area contributed by atoms with E-state index < -0.39 is 5.78 Å². The van der Waals surface area contributed by atoms with Crippen LogP contribution in [0.4, 0.5) is 0 Å². The Labute approximate surface area is 118 Å². The van der Waals surface area contributed by atoms with Gasteiger partial charge in [-0.05, 0) is 6.92 Å². The zero-order valence-corrected chi connectivity index (χ0v) is 11.3. The first kappa shape index (κ1) is 13.0. The summed E-state index contributed by atoms with van der Waals surface area (Å²) < 4.78 is 6.71. The van der Waals surface area contributed by atoms with Crippen LogP contribution in [0.1, 0.15) is 16.2 Å². The normalized spacial score (nSPS) is 10.8. The number of Topliss-reactive ketones (excluding diaryl/α,β-unsaturated/α-hetero) is 1. The maximum absolute atomic E-state index is 11.7. The Bertz CT molecular complexity index is 849. The number of hydrogen-bond acceptors (Lipinski definition) is 6. The molecule has 0 aliphatic heterocycles. The lowest BCUT2D eigenvalue weighted by molar-refractivity contribution is -0.104. The first-order valence-electron chi connectivity index (χ1n) is 6.08. The number of carbonyl (C=O) groups excluding carboxylic acids is 2. The topological polar surface area (TPSA) is 103 Å². The smallest absolute Gasteiger partial charge is 0.227 e. The zero-order chi connectivity index (χ0) is 15.0. The molecule has 0 amide bonds. The van der Waals surface area contributed by atoms with Crippen LogP contribution in [0.5, 0.6) is 5.75 Å². The third-order valence-corrected chi connectivity index (χ3v) is 3.07. The van der Waals surface area contributed by atoms with Gasteiger partial charge in [-0.15, -0.1) is 0 Å². The van der Waals surface area contributed by atoms with Gasteiger partial charge in [-0.25, -0.2) is 14.6 Å². The Hall–Kier alpha value is -3.03. The molecule has 8 nitrogen and oxygen atoms in total. The molecule has 0 aliphatic rings. The van der Waals surface area contributed by atoms with E-state index in [0.29, 0.717) is 28.3 Å². The SMILES string of the molecule is COc1cnc(-n2cnc(C)n2)c2[nH]cc(C(=O)C=O)c12. The van der Waals surface area contributed by atoms with Crippen molar-refractivity contribution in [2.75, 3.05) is 7.11 Å². The number of carbonyl (C=O) groups is 2. The molecule has 0 saturated carbocycles. The van der Waals surface area contributed by atoms with E-state index in [0.717, 1.165) is 0 Å². The molecule has 21 heavy (non-hydrogen) atoms. The van der Waals surface area contributed by atoms with E-state index in [1.807, 2.05) is 0 Å². The van der Waals surface area contributed by atoms with E-state index in [9.17, 15) is 9.59 Å². The highest BCUT2D eigenvalue weighted by molar-refractivity contribution is 6.36. The predicted molar refractivity (Wildman–Crippen MR) is 72.7 cm³/mol. The molecule has 0 fully saturated rings. The Kier molecular flexibility index (Phi) is 2.98. The second-order valence-electron chi connectivity index (χ2n) is 4.32. The van der Waals surface area contributed by atoms with Crippen LogP contribution in [0.3, 0.4) is 0 Å². The van der Waals surface area contributed by atoms with Crippen LogP contribution in [0.2, 0.25) is 0 Å². The third kappa shape index (κ3) is 1.97. The van der Waals surface area contributed by atoms with Crippen LogP contribution in [0.15, 0.2) is 18.7 Å². The van der Waals surface area contributed by atoms with Crippen LogP contribution in [0, 0.1) is 6.92 Å². The average molecular weight is 285 g/mol. The van der Waals surface area contributed by atoms with Crippen LogP contribution in [-0.4, -0.2) is 43.9 Å². The van der Waals surface area contributed by atoms with Crippen LogP contribution < -0.4 is 4.74 Å². The van der Waals surface area contributed by atoms with Crippen molar-refractivity contribution in [1.29, 1.82) is 0 Å². The van der Waals surface area contributed by atoms with Crippen molar-refractivity contribution in [3.63, 3.8) is 0 Å². The molecule has 0 spiro atoms. The number of hydrogen-bond donors (Lipinski definition) is 1. The van der Waals surface area contributed by atoms with Crippen LogP contribution in [-0.2, 0) is 4.79 Å². The molecular formula is C13H11N5O3. The molecule has 106 valence electrons. The predicted octanol–water partition coefficient (Wildman–Crippen LogP) is 0.842. The number of nitrogens with zero attached hydrogens (tertiary/aromatic N) is 4. The minimum absolute atomic E-state index is 0.234. The van der Waals surface area contributed by atoms with Gasteiger partial charge in [0.15, 0.2) is 12.1 Å². The minimum atomic E-state index is -0.633. The quantitative estimate of drug-likeness (QED) is 0.433. The summed E-state index contributed by atoms with van der Waals surface area (Å²) in [5, 5.41) is 4.68. The summed E-state index contributed by atoms with van der Waals surface area (Å²) >= 11 is 0. The van der Waals surface area contributed by atoms with Crippen molar-refractivity contribution >= 4 is 23.0 Å². The number of aromatic amines is 1. The number of rotatable bonds is 4. The van der Waals surface area contributed by atoms with Crippen molar-refractivity contribution in [3.05, 3.63) is 30.1 Å². The second kappa shape index (κ2) is 4.82. The molecule has 0 aromatic carbocycles. The fraction of sp³-hybridized carbons (Fsp3) is 0.154. The summed E-state index contributed by atoms with van der Waals surface area (Å²) in [5.74, 6) is 0.830. The molecule has 0 radical (unpaired) electrons. The van der Waals surface area contributed by atoms with Crippen molar-refractivity contribution in [1.82, 2.24) is 24.7 Å². The first-order valence-corrected chi connectivity index (χ1v) is 6.08. The second-order valence-corrected chi connectivity index (χ2v) is 4.32. The zero-order valence-electron chi connectivity index (χ0n) is 11.3. The summed E-state index contributed by atoms with van der Waals surface area (Å²) in [5.41, 5.74) is 0.779. The average Bonchev–Trinajstić information content (AvgIpc) is 3.12. The molecule has 0 saturated heterocycles. The van der Waals surface area contributed by atoms with E-state index in [4.69, 9.17) is 4.74 Å². The molecule has 0 bridgehead atoms. The van der Waals surface area contributed by atoms with Gasteiger partial charge in [0, 0.05) is 6.20 Å². The number of ketones is 1. The fourth-order valence-electron chi connectivity index (χ4n) is 2.14. The van der Waals surface area contributed by atoms with Crippen molar-refractivity contribution in [2.45, 2.75) is 6.92 Å². The van der Waals surface area contributed by atoms with Gasteiger partial charge >= 0.3 is 0 Å². The van der Waals surface area contributed by atoms with Gasteiger partial charge in [0.25, 0.3) is 0 Å². The van der Waals surface area contributed by atoms with Gasteiger partial charge < -0.3 is 9.72 Å². The summed E-state index contributed by atoms with van der Waals surface area (Å²) in [6.45, 7) is 1.76. The van der Waals surface area contributed by atoms with Gasteiger partial charge in [0.2, 0.25) is 5.78 Å². The Morgan fingerprint density at radius 3 is 2.86 bits per heavy atom. The van der Waals surface area contributed by atoms with E-state index >= 15 is 0 Å². The molecule has 3 aromatic heterocycles.